The molecule has 1 aliphatic carbocycles. The molecule has 51 heavy (non-hydrogen) atoms. The first kappa shape index (κ1) is 32.9. The number of nitrogens with zero attached hydrogens (tertiary/aromatic N) is 9. The van der Waals surface area contributed by atoms with Crippen LogP contribution in [0.1, 0.15) is 71.9 Å². The molecule has 14 heteroatoms. The van der Waals surface area contributed by atoms with Gasteiger partial charge in [-0.3, -0.25) is 9.59 Å². The topological polar surface area (TPSA) is 147 Å². The summed E-state index contributed by atoms with van der Waals surface area (Å²) in [6.07, 6.45) is 8.51. The molecule has 8 rings (SSSR count). The van der Waals surface area contributed by atoms with E-state index in [0.717, 1.165) is 34.0 Å². The van der Waals surface area contributed by atoms with Gasteiger partial charge in [0.05, 0.1) is 40.6 Å². The second kappa shape index (κ2) is 13.5. The summed E-state index contributed by atoms with van der Waals surface area (Å²) in [5, 5.41) is 14.2. The van der Waals surface area contributed by atoms with E-state index in [1.807, 2.05) is 66.6 Å². The number of fused-ring (bicyclic) bond motifs is 1. The lowest BCUT2D eigenvalue weighted by molar-refractivity contribution is -0.158. The summed E-state index contributed by atoms with van der Waals surface area (Å²) in [6, 6.07) is 15.4. The number of benzene rings is 1. The molecule has 1 amide bonds. The van der Waals surface area contributed by atoms with Gasteiger partial charge in [-0.25, -0.2) is 19.6 Å². The molecule has 0 bridgehead atoms. The number of carbonyl (C=O) groups is 2. The number of piperidine rings is 1. The minimum atomic E-state index is -0.850. The van der Waals surface area contributed by atoms with Crippen LogP contribution in [0.3, 0.4) is 0 Å². The molecule has 1 saturated carbocycles. The van der Waals surface area contributed by atoms with Crippen molar-refractivity contribution in [3.05, 3.63) is 100 Å². The van der Waals surface area contributed by atoms with Crippen LogP contribution in [-0.2, 0) is 22.5 Å². The van der Waals surface area contributed by atoms with Gasteiger partial charge in [0.15, 0.2) is 17.2 Å². The van der Waals surface area contributed by atoms with E-state index in [4.69, 9.17) is 19.2 Å². The lowest BCUT2D eigenvalue weighted by atomic mass is 9.74. The molecule has 0 unspecified atom stereocenters. The van der Waals surface area contributed by atoms with E-state index >= 15 is 0 Å². The second-order valence-electron chi connectivity index (χ2n) is 13.3. The molecule has 1 aliphatic heterocycles. The summed E-state index contributed by atoms with van der Waals surface area (Å²) in [5.74, 6) is 1.75. The first-order chi connectivity index (χ1) is 24.8. The van der Waals surface area contributed by atoms with Crippen LogP contribution in [0.2, 0.25) is 0 Å². The molecule has 0 atom stereocenters. The average Bonchev–Trinajstić information content (AvgIpc) is 3.59. The molecule has 0 radical (unpaired) electrons. The smallest absolute Gasteiger partial charge is 0.312 e. The largest absolute Gasteiger partial charge is 0.466 e. The first-order valence-electron chi connectivity index (χ1n) is 17.2. The van der Waals surface area contributed by atoms with Crippen molar-refractivity contribution in [3.8, 4) is 17.1 Å². The second-order valence-corrected chi connectivity index (χ2v) is 14.2. The number of pyridine rings is 2. The van der Waals surface area contributed by atoms with Gasteiger partial charge in [0.1, 0.15) is 6.54 Å². The van der Waals surface area contributed by atoms with Crippen molar-refractivity contribution in [3.63, 3.8) is 0 Å². The molecule has 6 heterocycles. The van der Waals surface area contributed by atoms with Crippen molar-refractivity contribution in [2.24, 2.45) is 5.41 Å². The van der Waals surface area contributed by atoms with E-state index < -0.39 is 5.41 Å². The molecule has 5 aromatic heterocycles. The Kier molecular flexibility index (Phi) is 8.70. The van der Waals surface area contributed by atoms with Gasteiger partial charge in [-0.1, -0.05) is 39.3 Å². The lowest BCUT2D eigenvalue weighted by Crippen LogP contribution is -2.48. The molecule has 1 saturated heterocycles. The third kappa shape index (κ3) is 6.55. The predicted molar refractivity (Wildman–Crippen MR) is 190 cm³/mol. The van der Waals surface area contributed by atoms with Gasteiger partial charge in [-0.05, 0) is 69.9 Å². The number of amides is 1. The third-order valence-electron chi connectivity index (χ3n) is 9.71. The maximum atomic E-state index is 14.3. The summed E-state index contributed by atoms with van der Waals surface area (Å²) in [6.45, 7) is 5.02. The minimum Gasteiger partial charge on any atom is -0.466 e. The van der Waals surface area contributed by atoms with Gasteiger partial charge in [-0.15, -0.1) is 5.10 Å². The number of hydrogen-bond donors (Lipinski definition) is 0. The molecule has 2 fully saturated rings. The Morgan fingerprint density at radius 1 is 1.08 bits per heavy atom. The number of esters is 1. The van der Waals surface area contributed by atoms with E-state index in [0.29, 0.717) is 78.3 Å². The van der Waals surface area contributed by atoms with Crippen LogP contribution in [0.15, 0.2) is 76.0 Å². The summed E-state index contributed by atoms with van der Waals surface area (Å²) in [5.41, 5.74) is 3.55. The standard InChI is InChI=1S/C37H36BrN9O4/c1-3-50-36(49)37(19-27-21-46(44-42-27)22-32-40-20-30(51-32)25-7-6-8-26(38)17-25)12-15-45(16-13-37)35(48)28-18-29(24-10-11-24)41-34-33(28)23(2)43-47(34)31-9-4-5-14-39-31/h4-9,14,17-18,20-21,24H,3,10-13,15-16,19,22H2,1-2H3. The molecule has 1 aromatic carbocycles. The maximum Gasteiger partial charge on any atom is 0.312 e. The Morgan fingerprint density at radius 2 is 1.92 bits per heavy atom. The molecular weight excluding hydrogens is 714 g/mol. The van der Waals surface area contributed by atoms with Crippen molar-refractivity contribution in [2.75, 3.05) is 19.7 Å². The van der Waals surface area contributed by atoms with E-state index in [-0.39, 0.29) is 25.0 Å². The molecular formula is C37H36BrN9O4. The zero-order chi connectivity index (χ0) is 35.1. The quantitative estimate of drug-likeness (QED) is 0.151. The van der Waals surface area contributed by atoms with Gasteiger partial charge in [0.25, 0.3) is 5.91 Å². The van der Waals surface area contributed by atoms with E-state index in [1.54, 1.807) is 28.7 Å². The normalized spacial score (nSPS) is 15.7. The third-order valence-corrected chi connectivity index (χ3v) is 10.2. The summed E-state index contributed by atoms with van der Waals surface area (Å²) >= 11 is 3.49. The van der Waals surface area contributed by atoms with Crippen LogP contribution in [0, 0.1) is 12.3 Å². The van der Waals surface area contributed by atoms with Crippen LogP contribution in [0.4, 0.5) is 0 Å². The summed E-state index contributed by atoms with van der Waals surface area (Å²) < 4.78 is 15.9. The number of likely N-dealkylation sites (tertiary alicyclic amines) is 1. The van der Waals surface area contributed by atoms with Crippen molar-refractivity contribution >= 4 is 38.8 Å². The summed E-state index contributed by atoms with van der Waals surface area (Å²) in [4.78, 5) is 43.7. The van der Waals surface area contributed by atoms with Crippen LogP contribution in [0.5, 0.6) is 0 Å². The fourth-order valence-electron chi connectivity index (χ4n) is 6.89. The van der Waals surface area contributed by atoms with Gasteiger partial charge >= 0.3 is 5.97 Å². The number of ether oxygens (including phenoxy) is 1. The fraction of sp³-hybridized carbons (Fsp3) is 0.351. The SMILES string of the molecule is CCOC(=O)C1(Cc2cn(Cc3ncc(-c4cccc(Br)c4)o3)nn2)CCN(C(=O)c2cc(C3CC3)nc3c2c(C)nn3-c2ccccn2)CC1. The highest BCUT2D eigenvalue weighted by atomic mass is 79.9. The number of carbonyl (C=O) groups excluding carboxylic acids is 2. The van der Waals surface area contributed by atoms with Gasteiger partial charge in [-0.2, -0.15) is 9.78 Å². The highest BCUT2D eigenvalue weighted by Gasteiger charge is 2.45. The van der Waals surface area contributed by atoms with Crippen LogP contribution < -0.4 is 0 Å². The Bertz CT molecular complexity index is 2230. The average molecular weight is 751 g/mol. The highest BCUT2D eigenvalue weighted by molar-refractivity contribution is 9.10. The number of rotatable bonds is 10. The molecule has 0 spiro atoms. The predicted octanol–water partition coefficient (Wildman–Crippen LogP) is 6.09. The van der Waals surface area contributed by atoms with Crippen molar-refractivity contribution < 1.29 is 18.7 Å². The molecule has 13 nitrogen and oxygen atoms in total. The van der Waals surface area contributed by atoms with Crippen LogP contribution >= 0.6 is 15.9 Å². The maximum absolute atomic E-state index is 14.3. The van der Waals surface area contributed by atoms with Crippen molar-refractivity contribution in [1.29, 1.82) is 0 Å². The molecule has 260 valence electrons. The van der Waals surface area contributed by atoms with Gasteiger partial charge < -0.3 is 14.1 Å². The van der Waals surface area contributed by atoms with Gasteiger partial charge in [0.2, 0.25) is 5.89 Å². The zero-order valence-electron chi connectivity index (χ0n) is 28.3. The summed E-state index contributed by atoms with van der Waals surface area (Å²) in [7, 11) is 0. The molecule has 6 aromatic rings. The first-order valence-corrected chi connectivity index (χ1v) is 18.0. The fourth-order valence-corrected chi connectivity index (χ4v) is 7.29. The van der Waals surface area contributed by atoms with Crippen molar-refractivity contribution in [1.82, 2.24) is 44.6 Å². The van der Waals surface area contributed by atoms with Gasteiger partial charge in [0, 0.05) is 53.6 Å². The highest BCUT2D eigenvalue weighted by Crippen LogP contribution is 2.42. The lowest BCUT2D eigenvalue weighted by Gasteiger charge is -2.39. The monoisotopic (exact) mass is 749 g/mol. The molecule has 2 aliphatic rings. The Balaban J connectivity index is 1.01. The van der Waals surface area contributed by atoms with E-state index in [9.17, 15) is 9.59 Å². The molecule has 0 N–H and O–H groups in total. The van der Waals surface area contributed by atoms with Crippen LogP contribution in [0.25, 0.3) is 28.2 Å². The number of oxazole rings is 1. The zero-order valence-corrected chi connectivity index (χ0v) is 29.9. The Labute approximate surface area is 302 Å². The van der Waals surface area contributed by atoms with E-state index in [2.05, 4.69) is 36.2 Å². The number of aryl methyl sites for hydroxylation is 1. The number of hydrogen-bond acceptors (Lipinski definition) is 10. The number of halogens is 1. The van der Waals surface area contributed by atoms with Crippen LogP contribution in [-0.4, -0.2) is 76.2 Å². The minimum absolute atomic E-state index is 0.0930. The number of aromatic nitrogens is 8. The van der Waals surface area contributed by atoms with Crippen molar-refractivity contribution in [2.45, 2.75) is 58.4 Å². The Hall–Kier alpha value is -5.24. The van der Waals surface area contributed by atoms with E-state index in [1.165, 1.54) is 0 Å². The Morgan fingerprint density at radius 3 is 2.67 bits per heavy atom.